The molecular formula is C22H29NO7. The highest BCUT2D eigenvalue weighted by molar-refractivity contribution is 5.89. The number of likely N-dealkylation sites (tertiary alicyclic amines) is 1. The Bertz CT molecular complexity index is 780. The number of carbonyl (C=O) groups is 3. The molecule has 0 bridgehead atoms. The quantitative estimate of drug-likeness (QED) is 0.472. The van der Waals surface area contributed by atoms with Gasteiger partial charge in [0.1, 0.15) is 0 Å². The maximum absolute atomic E-state index is 12.2. The van der Waals surface area contributed by atoms with E-state index in [2.05, 4.69) is 0 Å². The summed E-state index contributed by atoms with van der Waals surface area (Å²) in [6.07, 6.45) is 3.94. The van der Waals surface area contributed by atoms with E-state index in [0.29, 0.717) is 37.4 Å². The predicted molar refractivity (Wildman–Crippen MR) is 110 cm³/mol. The number of hydrogen-bond donors (Lipinski definition) is 0. The van der Waals surface area contributed by atoms with Crippen molar-refractivity contribution in [3.8, 4) is 11.5 Å². The average Bonchev–Trinajstić information content (AvgIpc) is 2.75. The molecule has 1 aliphatic heterocycles. The van der Waals surface area contributed by atoms with Crippen LogP contribution in [0.5, 0.6) is 11.5 Å². The lowest BCUT2D eigenvalue weighted by Crippen LogP contribution is -2.42. The molecule has 30 heavy (non-hydrogen) atoms. The summed E-state index contributed by atoms with van der Waals surface area (Å²) >= 11 is 0. The summed E-state index contributed by atoms with van der Waals surface area (Å²) in [6, 6.07) is 5.31. The SMILES string of the molecule is COC(=O)C1CCN(C(=O)COC(=O)/C=C/c2ccc(OC(C)C)c(OC)c2)CC1. The van der Waals surface area contributed by atoms with Gasteiger partial charge in [-0.3, -0.25) is 9.59 Å². The minimum absolute atomic E-state index is 0.0130. The van der Waals surface area contributed by atoms with Gasteiger partial charge in [-0.1, -0.05) is 6.07 Å². The van der Waals surface area contributed by atoms with Crippen LogP contribution < -0.4 is 9.47 Å². The normalized spacial score (nSPS) is 14.6. The van der Waals surface area contributed by atoms with Crippen LogP contribution in [0.4, 0.5) is 0 Å². The van der Waals surface area contributed by atoms with Crippen LogP contribution in [-0.2, 0) is 23.9 Å². The maximum Gasteiger partial charge on any atom is 0.331 e. The summed E-state index contributed by atoms with van der Waals surface area (Å²) < 4.78 is 20.7. The van der Waals surface area contributed by atoms with Crippen molar-refractivity contribution in [1.29, 1.82) is 0 Å². The van der Waals surface area contributed by atoms with Crippen molar-refractivity contribution in [2.75, 3.05) is 33.9 Å². The number of hydrogen-bond acceptors (Lipinski definition) is 7. The van der Waals surface area contributed by atoms with Crippen molar-refractivity contribution in [2.24, 2.45) is 5.92 Å². The summed E-state index contributed by atoms with van der Waals surface area (Å²) in [4.78, 5) is 37.3. The van der Waals surface area contributed by atoms with Crippen LogP contribution in [0.3, 0.4) is 0 Å². The van der Waals surface area contributed by atoms with Gasteiger partial charge in [-0.25, -0.2) is 4.79 Å². The van der Waals surface area contributed by atoms with Crippen LogP contribution >= 0.6 is 0 Å². The summed E-state index contributed by atoms with van der Waals surface area (Å²) in [6.45, 7) is 4.39. The van der Waals surface area contributed by atoms with Crippen LogP contribution in [0.15, 0.2) is 24.3 Å². The molecule has 0 spiro atoms. The molecule has 0 aliphatic carbocycles. The highest BCUT2D eigenvalue weighted by atomic mass is 16.5. The van der Waals surface area contributed by atoms with Gasteiger partial charge in [0.15, 0.2) is 18.1 Å². The number of benzene rings is 1. The van der Waals surface area contributed by atoms with Gasteiger partial charge >= 0.3 is 11.9 Å². The Kier molecular flexibility index (Phi) is 8.70. The first-order valence-electron chi connectivity index (χ1n) is 9.89. The van der Waals surface area contributed by atoms with Gasteiger partial charge in [0.2, 0.25) is 0 Å². The third kappa shape index (κ3) is 6.79. The molecule has 1 saturated heterocycles. The number of piperidine rings is 1. The predicted octanol–water partition coefficient (Wildman–Crippen LogP) is 2.45. The topological polar surface area (TPSA) is 91.4 Å². The minimum atomic E-state index is -0.616. The first kappa shape index (κ1) is 23.3. The summed E-state index contributed by atoms with van der Waals surface area (Å²) in [5.41, 5.74) is 0.733. The van der Waals surface area contributed by atoms with Crippen LogP contribution in [0, 0.1) is 5.92 Å². The molecule has 1 aromatic carbocycles. The molecule has 1 heterocycles. The molecule has 0 atom stereocenters. The van der Waals surface area contributed by atoms with Crippen molar-refractivity contribution in [3.05, 3.63) is 29.8 Å². The van der Waals surface area contributed by atoms with E-state index in [1.807, 2.05) is 13.8 Å². The van der Waals surface area contributed by atoms with Crippen molar-refractivity contribution < 1.29 is 33.3 Å². The smallest absolute Gasteiger partial charge is 0.331 e. The second-order valence-electron chi connectivity index (χ2n) is 7.20. The number of rotatable bonds is 8. The fourth-order valence-corrected chi connectivity index (χ4v) is 3.11. The molecule has 164 valence electrons. The Morgan fingerprint density at radius 1 is 1.13 bits per heavy atom. The van der Waals surface area contributed by atoms with E-state index in [0.717, 1.165) is 5.56 Å². The molecular weight excluding hydrogens is 390 g/mol. The number of nitrogens with zero attached hydrogens (tertiary/aromatic N) is 1. The number of ether oxygens (including phenoxy) is 4. The molecule has 8 heteroatoms. The standard InChI is InChI=1S/C22H29NO7/c1-15(2)30-18-7-5-16(13-19(18)27-3)6-8-21(25)29-14-20(24)23-11-9-17(10-12-23)22(26)28-4/h5-8,13,15,17H,9-12,14H2,1-4H3/b8-6+. The van der Waals surface area contributed by atoms with Gasteiger partial charge in [-0.2, -0.15) is 0 Å². The van der Waals surface area contributed by atoms with E-state index in [-0.39, 0.29) is 30.5 Å². The highest BCUT2D eigenvalue weighted by Gasteiger charge is 2.28. The lowest BCUT2D eigenvalue weighted by Gasteiger charge is -2.30. The van der Waals surface area contributed by atoms with E-state index in [9.17, 15) is 14.4 Å². The first-order valence-corrected chi connectivity index (χ1v) is 9.89. The van der Waals surface area contributed by atoms with Gasteiger partial charge < -0.3 is 23.8 Å². The zero-order valence-electron chi connectivity index (χ0n) is 17.9. The van der Waals surface area contributed by atoms with E-state index >= 15 is 0 Å². The highest BCUT2D eigenvalue weighted by Crippen LogP contribution is 2.29. The molecule has 0 radical (unpaired) electrons. The number of methoxy groups -OCH3 is 2. The van der Waals surface area contributed by atoms with Gasteiger partial charge in [0.25, 0.3) is 5.91 Å². The zero-order chi connectivity index (χ0) is 22.1. The van der Waals surface area contributed by atoms with Gasteiger partial charge in [0, 0.05) is 19.2 Å². The summed E-state index contributed by atoms with van der Waals surface area (Å²) in [5, 5.41) is 0. The fraction of sp³-hybridized carbons (Fsp3) is 0.500. The van der Waals surface area contributed by atoms with Crippen LogP contribution in [0.1, 0.15) is 32.3 Å². The van der Waals surface area contributed by atoms with Gasteiger partial charge in [0.05, 0.1) is 26.2 Å². The molecule has 0 saturated carbocycles. The van der Waals surface area contributed by atoms with E-state index < -0.39 is 5.97 Å². The molecule has 0 aromatic heterocycles. The Labute approximate surface area is 176 Å². The largest absolute Gasteiger partial charge is 0.493 e. The first-order chi connectivity index (χ1) is 14.3. The summed E-state index contributed by atoms with van der Waals surface area (Å²) in [7, 11) is 2.90. The van der Waals surface area contributed by atoms with Crippen LogP contribution in [-0.4, -0.2) is 62.8 Å². The molecule has 1 aliphatic rings. The lowest BCUT2D eigenvalue weighted by atomic mass is 9.97. The number of carbonyl (C=O) groups excluding carboxylic acids is 3. The fourth-order valence-electron chi connectivity index (χ4n) is 3.11. The molecule has 0 N–H and O–H groups in total. The molecule has 2 rings (SSSR count). The van der Waals surface area contributed by atoms with Gasteiger partial charge in [-0.15, -0.1) is 0 Å². The second-order valence-corrected chi connectivity index (χ2v) is 7.20. The van der Waals surface area contributed by atoms with Crippen LogP contribution in [0.25, 0.3) is 6.08 Å². The number of esters is 2. The van der Waals surface area contributed by atoms with Crippen molar-refractivity contribution in [2.45, 2.75) is 32.8 Å². The summed E-state index contributed by atoms with van der Waals surface area (Å²) in [5.74, 6) is -0.150. The molecule has 1 amide bonds. The molecule has 1 aromatic rings. The Morgan fingerprint density at radius 3 is 2.43 bits per heavy atom. The van der Waals surface area contributed by atoms with Crippen molar-refractivity contribution in [3.63, 3.8) is 0 Å². The van der Waals surface area contributed by atoms with E-state index in [1.165, 1.54) is 13.2 Å². The third-order valence-corrected chi connectivity index (χ3v) is 4.68. The van der Waals surface area contributed by atoms with Gasteiger partial charge in [-0.05, 0) is 50.5 Å². The van der Waals surface area contributed by atoms with E-state index in [4.69, 9.17) is 18.9 Å². The Morgan fingerprint density at radius 2 is 1.83 bits per heavy atom. The van der Waals surface area contributed by atoms with Crippen molar-refractivity contribution >= 4 is 23.9 Å². The average molecular weight is 419 g/mol. The third-order valence-electron chi connectivity index (χ3n) is 4.68. The molecule has 0 unspecified atom stereocenters. The van der Waals surface area contributed by atoms with Crippen LogP contribution in [0.2, 0.25) is 0 Å². The number of amides is 1. The Balaban J connectivity index is 1.82. The zero-order valence-corrected chi connectivity index (χ0v) is 17.9. The van der Waals surface area contributed by atoms with Crippen molar-refractivity contribution in [1.82, 2.24) is 4.90 Å². The lowest BCUT2D eigenvalue weighted by molar-refractivity contribution is -0.151. The molecule has 8 nitrogen and oxygen atoms in total. The maximum atomic E-state index is 12.2. The molecule has 1 fully saturated rings. The second kappa shape index (κ2) is 11.2. The minimum Gasteiger partial charge on any atom is -0.493 e. The van der Waals surface area contributed by atoms with E-state index in [1.54, 1.807) is 36.3 Å². The Hall–Kier alpha value is -3.03. The monoisotopic (exact) mass is 419 g/mol.